The Morgan fingerprint density at radius 1 is 1.11 bits per heavy atom. The van der Waals surface area contributed by atoms with Crippen LogP contribution in [0.5, 0.6) is 5.75 Å². The van der Waals surface area contributed by atoms with Gasteiger partial charge in [0.25, 0.3) is 0 Å². The number of rotatable bonds is 12. The number of likely N-dealkylation sites (N-methyl/N-ethyl adjacent to an activating group) is 1. The average Bonchev–Trinajstić information content (AvgIpc) is 2.90. The third-order valence-electron chi connectivity index (χ3n) is 5.68. The van der Waals surface area contributed by atoms with Crippen LogP contribution in [0.2, 0.25) is 5.02 Å². The van der Waals surface area contributed by atoms with E-state index >= 15 is 0 Å². The van der Waals surface area contributed by atoms with Gasteiger partial charge in [0.05, 0.1) is 34.3 Å². The fraction of sp³-hybridized carbons (Fsp3) is 0.320. The van der Waals surface area contributed by atoms with Crippen molar-refractivity contribution >= 4 is 69.1 Å². The van der Waals surface area contributed by atoms with Gasteiger partial charge in [-0.3, -0.25) is 9.69 Å². The molecule has 0 spiro atoms. The lowest BCUT2D eigenvalue weighted by Gasteiger charge is -2.18. The molecule has 38 heavy (non-hydrogen) atoms. The van der Waals surface area contributed by atoms with Crippen molar-refractivity contribution in [1.82, 2.24) is 14.9 Å². The predicted molar refractivity (Wildman–Crippen MR) is 155 cm³/mol. The molecule has 1 amide bonds. The van der Waals surface area contributed by atoms with Crippen LogP contribution in [0.15, 0.2) is 53.6 Å². The van der Waals surface area contributed by atoms with Gasteiger partial charge in [0.1, 0.15) is 5.02 Å². The van der Waals surface area contributed by atoms with Crippen molar-refractivity contribution in [3.8, 4) is 5.75 Å². The molecule has 1 heterocycles. The third kappa shape index (κ3) is 7.28. The summed E-state index contributed by atoms with van der Waals surface area (Å²) in [5, 5.41) is 8.49. The molecular formula is C25H31ClN6O4S2. The summed E-state index contributed by atoms with van der Waals surface area (Å²) in [7, 11) is -3.55. The largest absolute Gasteiger partial charge is 0.427 e. The maximum atomic E-state index is 12.8. The number of para-hydroxylation sites is 1. The molecule has 2 aromatic carbocycles. The van der Waals surface area contributed by atoms with E-state index < -0.39 is 15.1 Å². The number of nitrogens with one attached hydrogen (secondary N) is 3. The van der Waals surface area contributed by atoms with E-state index in [9.17, 15) is 13.2 Å². The Kier molecular flexibility index (Phi) is 10.2. The van der Waals surface area contributed by atoms with Crippen LogP contribution >= 0.6 is 24.5 Å². The molecule has 0 aliphatic heterocycles. The fourth-order valence-electron chi connectivity index (χ4n) is 3.46. The summed E-state index contributed by atoms with van der Waals surface area (Å²) >= 11 is 10.3. The SMILES string of the molecule is CCN(CC)CC(=O)Nc1ccc(Nc2ncc(Cl)c(Nc3ccccc3S(=O)(=O)C(C)C)n2)c(OS)c1. The standard InChI is InChI=1S/C25H31ClN6O4S2/c1-5-32(6-2)15-23(33)28-17-11-12-19(21(13-17)36-37)30-25-27-14-18(26)24(31-25)29-20-9-7-8-10-22(20)38(34,35)16(3)4/h7-14,16,37H,5-6,15H2,1-4H3,(H,28,33)(H2,27,29,30,31). The van der Waals surface area contributed by atoms with Gasteiger partial charge in [-0.2, -0.15) is 4.98 Å². The van der Waals surface area contributed by atoms with Gasteiger partial charge in [0.15, 0.2) is 21.4 Å². The zero-order valence-corrected chi connectivity index (χ0v) is 24.0. The fourth-order valence-corrected chi connectivity index (χ4v) is 4.96. The van der Waals surface area contributed by atoms with Gasteiger partial charge in [0, 0.05) is 24.7 Å². The van der Waals surface area contributed by atoms with Crippen LogP contribution in [-0.4, -0.2) is 54.1 Å². The van der Waals surface area contributed by atoms with Gasteiger partial charge in [-0.25, -0.2) is 13.4 Å². The second-order valence-electron chi connectivity index (χ2n) is 8.54. The molecule has 3 N–H and O–H groups in total. The number of halogens is 1. The lowest BCUT2D eigenvalue weighted by Crippen LogP contribution is -2.32. The number of nitrogens with zero attached hydrogens (tertiary/aromatic N) is 3. The number of amides is 1. The van der Waals surface area contributed by atoms with Crippen LogP contribution in [0, 0.1) is 0 Å². The summed E-state index contributed by atoms with van der Waals surface area (Å²) in [6, 6.07) is 11.6. The first kappa shape index (κ1) is 29.5. The number of hydrogen-bond acceptors (Lipinski definition) is 10. The number of carbonyl (C=O) groups is 1. The Hall–Kier alpha value is -3.06. The molecule has 0 saturated carbocycles. The highest BCUT2D eigenvalue weighted by molar-refractivity contribution is 7.92. The Labute approximate surface area is 233 Å². The van der Waals surface area contributed by atoms with Gasteiger partial charge >= 0.3 is 0 Å². The minimum Gasteiger partial charge on any atom is -0.427 e. The zero-order valence-electron chi connectivity index (χ0n) is 21.5. The Balaban J connectivity index is 1.82. The highest BCUT2D eigenvalue weighted by atomic mass is 35.5. The van der Waals surface area contributed by atoms with Crippen molar-refractivity contribution in [2.75, 3.05) is 35.6 Å². The summed E-state index contributed by atoms with van der Waals surface area (Å²) in [4.78, 5) is 23.1. The zero-order chi connectivity index (χ0) is 27.9. The van der Waals surface area contributed by atoms with Crippen molar-refractivity contribution in [2.45, 2.75) is 37.8 Å². The molecule has 0 bridgehead atoms. The number of anilines is 5. The maximum absolute atomic E-state index is 12.8. The molecule has 0 saturated heterocycles. The molecular weight excluding hydrogens is 548 g/mol. The normalized spacial score (nSPS) is 11.5. The molecule has 1 aromatic heterocycles. The van der Waals surface area contributed by atoms with E-state index in [0.717, 1.165) is 13.1 Å². The number of thiol groups is 1. The molecule has 10 nitrogen and oxygen atoms in total. The summed E-state index contributed by atoms with van der Waals surface area (Å²) in [5.41, 5.74) is 1.37. The molecule has 3 aromatic rings. The van der Waals surface area contributed by atoms with E-state index in [4.69, 9.17) is 15.8 Å². The minimum atomic E-state index is -3.55. The quantitative estimate of drug-likeness (QED) is 0.167. The van der Waals surface area contributed by atoms with Gasteiger partial charge in [-0.15, -0.1) is 0 Å². The van der Waals surface area contributed by atoms with Crippen LogP contribution in [-0.2, 0) is 14.6 Å². The number of aromatic nitrogens is 2. The smallest absolute Gasteiger partial charge is 0.238 e. The van der Waals surface area contributed by atoms with Crippen molar-refractivity contribution < 1.29 is 17.4 Å². The minimum absolute atomic E-state index is 0.142. The lowest BCUT2D eigenvalue weighted by atomic mass is 10.2. The maximum Gasteiger partial charge on any atom is 0.238 e. The molecule has 0 aliphatic carbocycles. The van der Waals surface area contributed by atoms with E-state index in [1.165, 1.54) is 12.3 Å². The first-order valence-electron chi connectivity index (χ1n) is 12.0. The van der Waals surface area contributed by atoms with E-state index in [1.54, 1.807) is 50.2 Å². The molecule has 3 rings (SSSR count). The van der Waals surface area contributed by atoms with Crippen molar-refractivity contribution in [2.24, 2.45) is 0 Å². The van der Waals surface area contributed by atoms with Gasteiger partial charge in [-0.1, -0.05) is 37.6 Å². The van der Waals surface area contributed by atoms with Gasteiger partial charge in [-0.05, 0) is 51.2 Å². The summed E-state index contributed by atoms with van der Waals surface area (Å²) in [6.45, 7) is 9.05. The second-order valence-corrected chi connectivity index (χ2v) is 11.6. The van der Waals surface area contributed by atoms with E-state index in [-0.39, 0.29) is 34.1 Å². The van der Waals surface area contributed by atoms with Crippen LogP contribution in [0.3, 0.4) is 0 Å². The molecule has 0 atom stereocenters. The van der Waals surface area contributed by atoms with Crippen LogP contribution in [0.4, 0.5) is 28.8 Å². The van der Waals surface area contributed by atoms with E-state index in [1.807, 2.05) is 18.7 Å². The number of hydrogen-bond donors (Lipinski definition) is 4. The number of sulfone groups is 1. The van der Waals surface area contributed by atoms with Crippen molar-refractivity contribution in [1.29, 1.82) is 0 Å². The number of carbonyl (C=O) groups excluding carboxylic acids is 1. The van der Waals surface area contributed by atoms with Gasteiger partial charge in [0.2, 0.25) is 11.9 Å². The second kappa shape index (κ2) is 13.1. The van der Waals surface area contributed by atoms with Crippen molar-refractivity contribution in [3.05, 3.63) is 53.7 Å². The highest BCUT2D eigenvalue weighted by Crippen LogP contribution is 2.33. The first-order chi connectivity index (χ1) is 18.1. The topological polar surface area (TPSA) is 126 Å². The molecule has 13 heteroatoms. The van der Waals surface area contributed by atoms with Crippen LogP contribution < -0.4 is 20.1 Å². The highest BCUT2D eigenvalue weighted by Gasteiger charge is 2.23. The molecule has 0 radical (unpaired) electrons. The molecule has 204 valence electrons. The number of benzene rings is 2. The van der Waals surface area contributed by atoms with E-state index in [2.05, 4.69) is 38.8 Å². The molecule has 0 unspecified atom stereocenters. The third-order valence-corrected chi connectivity index (χ3v) is 8.37. The lowest BCUT2D eigenvalue weighted by molar-refractivity contribution is -0.117. The average molecular weight is 579 g/mol. The molecule has 0 aliphatic rings. The first-order valence-corrected chi connectivity index (χ1v) is 14.2. The van der Waals surface area contributed by atoms with Crippen LogP contribution in [0.1, 0.15) is 27.7 Å². The monoisotopic (exact) mass is 578 g/mol. The Morgan fingerprint density at radius 3 is 2.47 bits per heavy atom. The summed E-state index contributed by atoms with van der Waals surface area (Å²) in [6.07, 6.45) is 1.39. The Bertz CT molecular complexity index is 1380. The summed E-state index contributed by atoms with van der Waals surface area (Å²) < 4.78 is 30.8. The predicted octanol–water partition coefficient (Wildman–Crippen LogP) is 5.30. The van der Waals surface area contributed by atoms with Crippen LogP contribution in [0.25, 0.3) is 0 Å². The van der Waals surface area contributed by atoms with E-state index in [0.29, 0.717) is 22.8 Å². The molecule has 0 fully saturated rings. The Morgan fingerprint density at radius 2 is 1.82 bits per heavy atom. The van der Waals surface area contributed by atoms with Crippen molar-refractivity contribution in [3.63, 3.8) is 0 Å². The summed E-state index contributed by atoms with van der Waals surface area (Å²) in [5.74, 6) is 0.571. The van der Waals surface area contributed by atoms with Gasteiger partial charge < -0.3 is 20.1 Å².